The molecular formula is C14H23NO5S. The van der Waals surface area contributed by atoms with Gasteiger partial charge in [0, 0.05) is 31.8 Å². The molecule has 0 aromatic rings. The van der Waals surface area contributed by atoms with Gasteiger partial charge in [-0.2, -0.15) is 11.8 Å². The van der Waals surface area contributed by atoms with Crippen LogP contribution in [0.5, 0.6) is 0 Å². The molecular weight excluding hydrogens is 294 g/mol. The quantitative estimate of drug-likeness (QED) is 0.761. The van der Waals surface area contributed by atoms with E-state index in [-0.39, 0.29) is 11.5 Å². The first kappa shape index (κ1) is 16.6. The van der Waals surface area contributed by atoms with Crippen LogP contribution in [0.15, 0.2) is 0 Å². The summed E-state index contributed by atoms with van der Waals surface area (Å²) in [5.74, 6) is -0.558. The van der Waals surface area contributed by atoms with Gasteiger partial charge in [-0.1, -0.05) is 0 Å². The number of carboxylic acid groups (broad SMARTS) is 1. The molecule has 0 saturated carbocycles. The topological polar surface area (TPSA) is 84.9 Å². The van der Waals surface area contributed by atoms with Gasteiger partial charge >= 0.3 is 5.97 Å². The number of carbonyl (C=O) groups excluding carboxylic acids is 1. The molecule has 2 aliphatic heterocycles. The Morgan fingerprint density at radius 2 is 2.29 bits per heavy atom. The number of aliphatic carboxylic acids is 1. The summed E-state index contributed by atoms with van der Waals surface area (Å²) >= 11 is 1.78. The SMILES string of the molecule is CC(=O)NC(CCSC1CCOC2(CCOC2)C1)C(=O)O. The Bertz CT molecular complexity index is 384. The Kier molecular flexibility index (Phi) is 5.89. The van der Waals surface area contributed by atoms with Crippen LogP contribution in [-0.2, 0) is 19.1 Å². The summed E-state index contributed by atoms with van der Waals surface area (Å²) in [5, 5.41) is 12.0. The van der Waals surface area contributed by atoms with E-state index >= 15 is 0 Å². The Hall–Kier alpha value is -0.790. The molecule has 0 aromatic carbocycles. The number of rotatable bonds is 6. The monoisotopic (exact) mass is 317 g/mol. The Balaban J connectivity index is 1.74. The molecule has 7 heteroatoms. The van der Waals surface area contributed by atoms with Crippen molar-refractivity contribution < 1.29 is 24.2 Å². The summed E-state index contributed by atoms with van der Waals surface area (Å²) in [4.78, 5) is 22.0. The number of hydrogen-bond donors (Lipinski definition) is 2. The zero-order valence-electron chi connectivity index (χ0n) is 12.3. The van der Waals surface area contributed by atoms with Gasteiger partial charge in [0.2, 0.25) is 5.91 Å². The highest BCUT2D eigenvalue weighted by Gasteiger charge is 2.41. The maximum atomic E-state index is 11.1. The van der Waals surface area contributed by atoms with Crippen LogP contribution in [0, 0.1) is 0 Å². The van der Waals surface area contributed by atoms with E-state index in [9.17, 15) is 9.59 Å². The number of ether oxygens (including phenoxy) is 2. The van der Waals surface area contributed by atoms with Crippen molar-refractivity contribution in [3.8, 4) is 0 Å². The van der Waals surface area contributed by atoms with E-state index in [2.05, 4.69) is 5.32 Å². The van der Waals surface area contributed by atoms with Gasteiger partial charge in [-0.3, -0.25) is 4.79 Å². The molecule has 2 N–H and O–H groups in total. The van der Waals surface area contributed by atoms with Gasteiger partial charge in [-0.15, -0.1) is 0 Å². The van der Waals surface area contributed by atoms with E-state index in [1.54, 1.807) is 11.8 Å². The minimum atomic E-state index is -0.974. The average molecular weight is 317 g/mol. The lowest BCUT2D eigenvalue weighted by Crippen LogP contribution is -2.42. The number of carboxylic acids is 1. The van der Waals surface area contributed by atoms with E-state index in [1.165, 1.54) is 6.92 Å². The smallest absolute Gasteiger partial charge is 0.326 e. The lowest BCUT2D eigenvalue weighted by Gasteiger charge is -2.36. The Morgan fingerprint density at radius 3 is 2.90 bits per heavy atom. The van der Waals surface area contributed by atoms with Crippen LogP contribution in [0.3, 0.4) is 0 Å². The second-order valence-corrected chi connectivity index (χ2v) is 7.11. The molecule has 2 rings (SSSR count). The van der Waals surface area contributed by atoms with Crippen LogP contribution in [0.25, 0.3) is 0 Å². The fourth-order valence-corrected chi connectivity index (χ4v) is 4.23. The molecule has 2 aliphatic rings. The first-order valence-electron chi connectivity index (χ1n) is 7.34. The highest BCUT2D eigenvalue weighted by atomic mass is 32.2. The lowest BCUT2D eigenvalue weighted by atomic mass is 9.93. The maximum absolute atomic E-state index is 11.1. The summed E-state index contributed by atoms with van der Waals surface area (Å²) in [7, 11) is 0. The third-order valence-corrected chi connectivity index (χ3v) is 5.30. The van der Waals surface area contributed by atoms with Gasteiger partial charge < -0.3 is 19.9 Å². The molecule has 3 atom stereocenters. The maximum Gasteiger partial charge on any atom is 0.326 e. The molecule has 0 bridgehead atoms. The van der Waals surface area contributed by atoms with Crippen LogP contribution in [0.2, 0.25) is 0 Å². The van der Waals surface area contributed by atoms with Crippen molar-refractivity contribution >= 4 is 23.6 Å². The minimum Gasteiger partial charge on any atom is -0.480 e. The van der Waals surface area contributed by atoms with Crippen molar-refractivity contribution in [3.63, 3.8) is 0 Å². The predicted molar refractivity (Wildman–Crippen MR) is 79.5 cm³/mol. The van der Waals surface area contributed by atoms with Crippen molar-refractivity contribution in [3.05, 3.63) is 0 Å². The highest BCUT2D eigenvalue weighted by Crippen LogP contribution is 2.37. The van der Waals surface area contributed by atoms with Gasteiger partial charge in [0.1, 0.15) is 6.04 Å². The van der Waals surface area contributed by atoms with Crippen LogP contribution < -0.4 is 5.32 Å². The number of thioether (sulfide) groups is 1. The first-order chi connectivity index (χ1) is 10.0. The molecule has 2 saturated heterocycles. The molecule has 3 unspecified atom stereocenters. The molecule has 2 heterocycles. The van der Waals surface area contributed by atoms with E-state index in [4.69, 9.17) is 14.6 Å². The van der Waals surface area contributed by atoms with E-state index < -0.39 is 12.0 Å². The number of amides is 1. The molecule has 2 fully saturated rings. The van der Waals surface area contributed by atoms with Crippen molar-refractivity contribution in [2.24, 2.45) is 0 Å². The van der Waals surface area contributed by atoms with Gasteiger partial charge in [-0.25, -0.2) is 4.79 Å². The number of carbonyl (C=O) groups is 2. The summed E-state index contributed by atoms with van der Waals surface area (Å²) in [5.41, 5.74) is -0.111. The number of nitrogens with one attached hydrogen (secondary N) is 1. The fourth-order valence-electron chi connectivity index (χ4n) is 2.84. The van der Waals surface area contributed by atoms with E-state index in [1.807, 2.05) is 0 Å². The molecule has 0 radical (unpaired) electrons. The third-order valence-electron chi connectivity index (χ3n) is 3.95. The van der Waals surface area contributed by atoms with Crippen molar-refractivity contribution in [1.82, 2.24) is 5.32 Å². The first-order valence-corrected chi connectivity index (χ1v) is 8.39. The molecule has 6 nitrogen and oxygen atoms in total. The summed E-state index contributed by atoms with van der Waals surface area (Å²) in [6, 6.07) is -0.793. The third kappa shape index (κ3) is 4.86. The molecule has 120 valence electrons. The van der Waals surface area contributed by atoms with Crippen LogP contribution in [0.1, 0.15) is 32.6 Å². The molecule has 1 amide bonds. The summed E-state index contributed by atoms with van der Waals surface area (Å²) in [6.07, 6.45) is 3.36. The second-order valence-electron chi connectivity index (χ2n) is 5.70. The van der Waals surface area contributed by atoms with Crippen molar-refractivity contribution in [2.75, 3.05) is 25.6 Å². The van der Waals surface area contributed by atoms with Crippen LogP contribution in [-0.4, -0.2) is 59.4 Å². The van der Waals surface area contributed by atoms with Crippen LogP contribution >= 0.6 is 11.8 Å². The summed E-state index contributed by atoms with van der Waals surface area (Å²) in [6.45, 7) is 3.52. The molecule has 0 aliphatic carbocycles. The second kappa shape index (κ2) is 7.47. The zero-order valence-corrected chi connectivity index (χ0v) is 13.1. The van der Waals surface area contributed by atoms with Crippen LogP contribution in [0.4, 0.5) is 0 Å². The van der Waals surface area contributed by atoms with E-state index in [0.717, 1.165) is 38.2 Å². The van der Waals surface area contributed by atoms with Gasteiger partial charge in [0.25, 0.3) is 0 Å². The predicted octanol–water partition coefficient (Wildman–Crippen LogP) is 1.04. The fraction of sp³-hybridized carbons (Fsp3) is 0.857. The molecule has 21 heavy (non-hydrogen) atoms. The summed E-state index contributed by atoms with van der Waals surface area (Å²) < 4.78 is 11.3. The Morgan fingerprint density at radius 1 is 1.48 bits per heavy atom. The van der Waals surface area contributed by atoms with Crippen molar-refractivity contribution in [2.45, 2.75) is 49.5 Å². The van der Waals surface area contributed by atoms with Gasteiger partial charge in [0.15, 0.2) is 0 Å². The number of hydrogen-bond acceptors (Lipinski definition) is 5. The standard InChI is InChI=1S/C14H23NO5S/c1-10(16)15-12(13(17)18)3-7-21-11-2-5-20-14(8-11)4-6-19-9-14/h11-12H,2-9H2,1H3,(H,15,16)(H,17,18). The lowest BCUT2D eigenvalue weighted by molar-refractivity contribution is -0.141. The molecule has 1 spiro atoms. The minimum absolute atomic E-state index is 0.111. The van der Waals surface area contributed by atoms with E-state index in [0.29, 0.717) is 18.3 Å². The van der Waals surface area contributed by atoms with Gasteiger partial charge in [-0.05, 0) is 25.0 Å². The molecule has 0 aromatic heterocycles. The van der Waals surface area contributed by atoms with Crippen molar-refractivity contribution in [1.29, 1.82) is 0 Å². The average Bonchev–Trinajstić information content (AvgIpc) is 2.85. The highest BCUT2D eigenvalue weighted by molar-refractivity contribution is 7.99. The van der Waals surface area contributed by atoms with Gasteiger partial charge in [0.05, 0.1) is 12.2 Å². The largest absolute Gasteiger partial charge is 0.480 e. The normalized spacial score (nSPS) is 30.2. The Labute approximate surface area is 128 Å². The zero-order chi connectivity index (χ0) is 15.3.